The van der Waals surface area contributed by atoms with E-state index in [2.05, 4.69) is 20.1 Å². The number of hydrogen-bond acceptors (Lipinski definition) is 6. The quantitative estimate of drug-likeness (QED) is 0.837. The number of carbonyl (C=O) groups excluding carboxylic acids is 1. The van der Waals surface area contributed by atoms with E-state index in [0.717, 1.165) is 49.7 Å². The Morgan fingerprint density at radius 1 is 1.27 bits per heavy atom. The molecule has 1 amide bonds. The highest BCUT2D eigenvalue weighted by Crippen LogP contribution is 2.22. The van der Waals surface area contributed by atoms with Crippen LogP contribution in [-0.4, -0.2) is 54.0 Å². The maximum absolute atomic E-state index is 13.5. The van der Waals surface area contributed by atoms with Crippen LogP contribution in [0.1, 0.15) is 18.2 Å². The number of nitrogens with zero attached hydrogens (tertiary/aromatic N) is 3. The van der Waals surface area contributed by atoms with Crippen LogP contribution < -0.4 is 10.1 Å². The van der Waals surface area contributed by atoms with Crippen LogP contribution in [0.5, 0.6) is 5.75 Å². The van der Waals surface area contributed by atoms with Gasteiger partial charge in [0.1, 0.15) is 11.6 Å². The van der Waals surface area contributed by atoms with Crippen molar-refractivity contribution in [3.63, 3.8) is 0 Å². The van der Waals surface area contributed by atoms with Crippen LogP contribution in [0.3, 0.4) is 0 Å². The van der Waals surface area contributed by atoms with Gasteiger partial charge in [-0.05, 0) is 18.2 Å². The normalized spacial score (nSPS) is 15.8. The minimum absolute atomic E-state index is 0.104. The number of methoxy groups -OCH3 is 1. The van der Waals surface area contributed by atoms with Crippen molar-refractivity contribution in [2.75, 3.05) is 38.6 Å². The summed E-state index contributed by atoms with van der Waals surface area (Å²) in [6, 6.07) is 4.64. The fraction of sp³-hybridized carbons (Fsp3) is 0.444. The average Bonchev–Trinajstić information content (AvgIpc) is 3.03. The van der Waals surface area contributed by atoms with E-state index in [1.807, 2.05) is 5.38 Å². The first-order valence-electron chi connectivity index (χ1n) is 8.52. The number of ether oxygens (including phenoxy) is 1. The van der Waals surface area contributed by atoms with Gasteiger partial charge in [-0.25, -0.2) is 9.37 Å². The molecule has 1 fully saturated rings. The third-order valence-corrected chi connectivity index (χ3v) is 5.13. The molecular formula is C18H23FN4O2S. The van der Waals surface area contributed by atoms with Gasteiger partial charge in [-0.15, -0.1) is 11.3 Å². The summed E-state index contributed by atoms with van der Waals surface area (Å²) in [5.74, 6) is 0.382. The highest BCUT2D eigenvalue weighted by molar-refractivity contribution is 7.13. The smallest absolute Gasteiger partial charge is 0.223 e. The number of benzene rings is 1. The molecule has 0 spiro atoms. The lowest BCUT2D eigenvalue weighted by atomic mass is 10.1. The molecule has 0 bridgehead atoms. The predicted molar refractivity (Wildman–Crippen MR) is 99.9 cm³/mol. The molecule has 3 rings (SSSR count). The minimum Gasteiger partial charge on any atom is -0.496 e. The number of nitrogens with one attached hydrogen (secondary N) is 1. The second-order valence-corrected chi connectivity index (χ2v) is 7.19. The predicted octanol–water partition coefficient (Wildman–Crippen LogP) is 2.57. The zero-order valence-electron chi connectivity index (χ0n) is 15.0. The van der Waals surface area contributed by atoms with Crippen LogP contribution >= 0.6 is 11.3 Å². The lowest BCUT2D eigenvalue weighted by Gasteiger charge is -2.34. The fourth-order valence-electron chi connectivity index (χ4n) is 3.03. The van der Waals surface area contributed by atoms with E-state index < -0.39 is 0 Å². The van der Waals surface area contributed by atoms with E-state index in [1.54, 1.807) is 19.2 Å². The van der Waals surface area contributed by atoms with Gasteiger partial charge >= 0.3 is 0 Å². The van der Waals surface area contributed by atoms with Crippen LogP contribution in [0.2, 0.25) is 0 Å². The third-order valence-electron chi connectivity index (χ3n) is 4.32. The van der Waals surface area contributed by atoms with Crippen molar-refractivity contribution in [2.45, 2.75) is 20.0 Å². The van der Waals surface area contributed by atoms with E-state index in [0.29, 0.717) is 11.7 Å². The first kappa shape index (κ1) is 18.8. The van der Waals surface area contributed by atoms with Crippen LogP contribution in [0.4, 0.5) is 9.52 Å². The highest BCUT2D eigenvalue weighted by atomic mass is 32.1. The fourth-order valence-corrected chi connectivity index (χ4v) is 3.78. The second kappa shape index (κ2) is 8.57. The van der Waals surface area contributed by atoms with Gasteiger partial charge < -0.3 is 10.1 Å². The van der Waals surface area contributed by atoms with Gasteiger partial charge in [0.25, 0.3) is 0 Å². The summed E-state index contributed by atoms with van der Waals surface area (Å²) >= 11 is 1.44. The number of rotatable bonds is 6. The molecule has 8 heteroatoms. The molecule has 0 unspecified atom stereocenters. The summed E-state index contributed by atoms with van der Waals surface area (Å²) in [7, 11) is 1.61. The molecule has 140 valence electrons. The number of aromatic nitrogens is 1. The molecule has 0 radical (unpaired) electrons. The third kappa shape index (κ3) is 5.00. The molecule has 1 aliphatic rings. The van der Waals surface area contributed by atoms with Gasteiger partial charge in [0, 0.05) is 57.1 Å². The van der Waals surface area contributed by atoms with Crippen molar-refractivity contribution in [1.29, 1.82) is 0 Å². The topological polar surface area (TPSA) is 57.7 Å². The van der Waals surface area contributed by atoms with Gasteiger partial charge in [-0.3, -0.25) is 14.6 Å². The second-order valence-electron chi connectivity index (χ2n) is 6.33. The monoisotopic (exact) mass is 378 g/mol. The lowest BCUT2D eigenvalue weighted by Crippen LogP contribution is -2.45. The number of amides is 1. The van der Waals surface area contributed by atoms with Crippen molar-refractivity contribution in [3.8, 4) is 5.75 Å². The Morgan fingerprint density at radius 2 is 1.96 bits per heavy atom. The molecule has 1 N–H and O–H groups in total. The molecule has 2 heterocycles. The Hall–Kier alpha value is -2.03. The summed E-state index contributed by atoms with van der Waals surface area (Å²) in [5, 5.41) is 5.34. The van der Waals surface area contributed by atoms with Crippen molar-refractivity contribution < 1.29 is 13.9 Å². The summed E-state index contributed by atoms with van der Waals surface area (Å²) in [5.41, 5.74) is 1.85. The molecule has 1 aromatic carbocycles. The Morgan fingerprint density at radius 3 is 2.62 bits per heavy atom. The summed E-state index contributed by atoms with van der Waals surface area (Å²) < 4.78 is 18.8. The molecule has 6 nitrogen and oxygen atoms in total. The number of halogens is 1. The van der Waals surface area contributed by atoms with Crippen molar-refractivity contribution >= 4 is 22.4 Å². The molecule has 26 heavy (non-hydrogen) atoms. The van der Waals surface area contributed by atoms with Crippen molar-refractivity contribution in [1.82, 2.24) is 14.8 Å². The van der Waals surface area contributed by atoms with Gasteiger partial charge in [-0.2, -0.15) is 0 Å². The Kier molecular flexibility index (Phi) is 6.18. The van der Waals surface area contributed by atoms with Crippen LogP contribution in [0.15, 0.2) is 23.6 Å². The largest absolute Gasteiger partial charge is 0.496 e. The lowest BCUT2D eigenvalue weighted by molar-refractivity contribution is -0.114. The van der Waals surface area contributed by atoms with Crippen molar-refractivity contribution in [2.24, 2.45) is 0 Å². The minimum atomic E-state index is -0.238. The van der Waals surface area contributed by atoms with Gasteiger partial charge in [0.05, 0.1) is 12.8 Å². The first-order valence-corrected chi connectivity index (χ1v) is 9.40. The summed E-state index contributed by atoms with van der Waals surface area (Å²) in [4.78, 5) is 20.2. The number of anilines is 1. The van der Waals surface area contributed by atoms with Crippen molar-refractivity contribution in [3.05, 3.63) is 40.7 Å². The van der Waals surface area contributed by atoms with E-state index in [1.165, 1.54) is 24.3 Å². The Bertz CT molecular complexity index is 759. The molecule has 0 aliphatic carbocycles. The van der Waals surface area contributed by atoms with E-state index >= 15 is 0 Å². The van der Waals surface area contributed by atoms with Crippen LogP contribution in [0, 0.1) is 5.82 Å². The molecule has 1 aliphatic heterocycles. The molecule has 1 aromatic heterocycles. The summed E-state index contributed by atoms with van der Waals surface area (Å²) in [6.07, 6.45) is 0. The molecular weight excluding hydrogens is 355 g/mol. The van der Waals surface area contributed by atoms with E-state index in [9.17, 15) is 9.18 Å². The number of thiazole rings is 1. The number of carbonyl (C=O) groups is 1. The number of hydrogen-bond donors (Lipinski definition) is 1. The van der Waals surface area contributed by atoms with Gasteiger partial charge in [0.15, 0.2) is 5.13 Å². The molecule has 0 atom stereocenters. The van der Waals surface area contributed by atoms with Gasteiger partial charge in [0.2, 0.25) is 5.91 Å². The Labute approximate surface area is 156 Å². The van der Waals surface area contributed by atoms with E-state index in [4.69, 9.17) is 4.74 Å². The van der Waals surface area contributed by atoms with Crippen LogP contribution in [-0.2, 0) is 17.9 Å². The standard InChI is InChI=1S/C18H23FN4O2S/c1-13(24)20-18-21-16(12-26-18)11-23-7-5-22(6-8-23)10-14-9-15(19)3-4-17(14)25-2/h3-4,9,12H,5-8,10-11H2,1-2H3,(H,20,21,24). The Balaban J connectivity index is 1.51. The van der Waals surface area contributed by atoms with E-state index in [-0.39, 0.29) is 11.7 Å². The maximum Gasteiger partial charge on any atom is 0.223 e. The molecule has 1 saturated heterocycles. The first-order chi connectivity index (χ1) is 12.5. The average molecular weight is 378 g/mol. The zero-order chi connectivity index (χ0) is 18.5. The SMILES string of the molecule is COc1ccc(F)cc1CN1CCN(Cc2csc(NC(C)=O)n2)CC1. The maximum atomic E-state index is 13.5. The number of piperazine rings is 1. The molecule has 0 saturated carbocycles. The highest BCUT2D eigenvalue weighted by Gasteiger charge is 2.19. The van der Waals surface area contributed by atoms with Gasteiger partial charge in [-0.1, -0.05) is 0 Å². The zero-order valence-corrected chi connectivity index (χ0v) is 15.8. The van der Waals surface area contributed by atoms with Crippen LogP contribution in [0.25, 0.3) is 0 Å². The molecule has 2 aromatic rings. The summed E-state index contributed by atoms with van der Waals surface area (Å²) in [6.45, 7) is 6.58.